The van der Waals surface area contributed by atoms with Crippen LogP contribution in [-0.2, 0) is 4.79 Å². The number of rotatable bonds is 5. The van der Waals surface area contributed by atoms with Crippen molar-refractivity contribution in [3.63, 3.8) is 0 Å². The predicted molar refractivity (Wildman–Crippen MR) is 70.8 cm³/mol. The maximum absolute atomic E-state index is 11.6. The van der Waals surface area contributed by atoms with Crippen LogP contribution in [0.2, 0.25) is 0 Å². The first-order valence-electron chi connectivity index (χ1n) is 6.85. The lowest BCUT2D eigenvalue weighted by Crippen LogP contribution is -2.51. The lowest BCUT2D eigenvalue weighted by atomic mass is 9.82. The van der Waals surface area contributed by atoms with E-state index >= 15 is 0 Å². The van der Waals surface area contributed by atoms with Gasteiger partial charge in [0.1, 0.15) is 0 Å². The summed E-state index contributed by atoms with van der Waals surface area (Å²) >= 11 is 0. The third-order valence-electron chi connectivity index (χ3n) is 3.63. The van der Waals surface area contributed by atoms with Gasteiger partial charge in [0.2, 0.25) is 0 Å². The Hall–Kier alpha value is -1.30. The van der Waals surface area contributed by atoms with Gasteiger partial charge in [0.25, 0.3) is 0 Å². The zero-order valence-electron chi connectivity index (χ0n) is 11.6. The Balaban J connectivity index is 2.32. The van der Waals surface area contributed by atoms with Gasteiger partial charge in [-0.2, -0.15) is 0 Å². The number of carbonyl (C=O) groups is 2. The molecule has 4 atom stereocenters. The molecule has 0 saturated heterocycles. The van der Waals surface area contributed by atoms with E-state index in [1.807, 2.05) is 0 Å². The average Bonchev–Trinajstić information content (AvgIpc) is 2.32. The Bertz CT molecular complexity index is 320. The molecule has 0 aromatic heterocycles. The molecule has 0 bridgehead atoms. The second-order valence-electron chi connectivity index (χ2n) is 5.55. The second kappa shape index (κ2) is 7.33. The lowest BCUT2D eigenvalue weighted by molar-refractivity contribution is -0.141. The molecule has 4 N–H and O–H groups in total. The molecule has 19 heavy (non-hydrogen) atoms. The molecule has 6 heteroatoms. The van der Waals surface area contributed by atoms with Crippen LogP contribution in [0.15, 0.2) is 0 Å². The fourth-order valence-electron chi connectivity index (χ4n) is 2.56. The van der Waals surface area contributed by atoms with E-state index in [0.29, 0.717) is 18.4 Å². The van der Waals surface area contributed by atoms with Gasteiger partial charge in [0, 0.05) is 6.54 Å². The van der Waals surface area contributed by atoms with Gasteiger partial charge in [0.05, 0.1) is 6.10 Å². The van der Waals surface area contributed by atoms with Crippen LogP contribution in [0.25, 0.3) is 0 Å². The third-order valence-corrected chi connectivity index (χ3v) is 3.63. The summed E-state index contributed by atoms with van der Waals surface area (Å²) in [7, 11) is 0. The molecule has 2 amide bonds. The highest BCUT2D eigenvalue weighted by Gasteiger charge is 2.25. The van der Waals surface area contributed by atoms with E-state index in [1.54, 1.807) is 0 Å². The summed E-state index contributed by atoms with van der Waals surface area (Å²) in [6, 6.07) is -1.81. The van der Waals surface area contributed by atoms with Gasteiger partial charge in [0.15, 0.2) is 6.04 Å². The summed E-state index contributed by atoms with van der Waals surface area (Å²) in [5.41, 5.74) is 0. The van der Waals surface area contributed by atoms with Crippen LogP contribution in [0.4, 0.5) is 4.79 Å². The summed E-state index contributed by atoms with van der Waals surface area (Å²) in [4.78, 5) is 22.4. The van der Waals surface area contributed by atoms with Crippen molar-refractivity contribution in [2.45, 2.75) is 51.7 Å². The highest BCUT2D eigenvalue weighted by Crippen LogP contribution is 2.27. The molecule has 1 saturated carbocycles. The Morgan fingerprint density at radius 1 is 1.37 bits per heavy atom. The molecule has 2 unspecified atom stereocenters. The molecule has 1 fully saturated rings. The molecule has 110 valence electrons. The molecule has 0 aliphatic heterocycles. The average molecular weight is 272 g/mol. The minimum atomic E-state index is -1.27. The van der Waals surface area contributed by atoms with Gasteiger partial charge >= 0.3 is 12.0 Å². The van der Waals surface area contributed by atoms with Crippen molar-refractivity contribution in [3.05, 3.63) is 0 Å². The zero-order valence-corrected chi connectivity index (χ0v) is 11.6. The highest BCUT2D eigenvalue weighted by atomic mass is 16.4. The minimum absolute atomic E-state index is 0.462. The Morgan fingerprint density at radius 2 is 2.05 bits per heavy atom. The summed E-state index contributed by atoms with van der Waals surface area (Å²) < 4.78 is 0. The number of carbonyl (C=O) groups excluding carboxylic acids is 1. The van der Waals surface area contributed by atoms with E-state index < -0.39 is 24.1 Å². The van der Waals surface area contributed by atoms with Crippen LogP contribution in [0.3, 0.4) is 0 Å². The predicted octanol–water partition coefficient (Wildman–Crippen LogP) is 0.946. The highest BCUT2D eigenvalue weighted by molar-refractivity contribution is 5.82. The Kier molecular flexibility index (Phi) is 6.08. The van der Waals surface area contributed by atoms with Gasteiger partial charge in [-0.1, -0.05) is 19.8 Å². The van der Waals surface area contributed by atoms with Crippen molar-refractivity contribution < 1.29 is 19.8 Å². The van der Waals surface area contributed by atoms with Crippen LogP contribution < -0.4 is 10.6 Å². The Labute approximate surface area is 113 Å². The second-order valence-corrected chi connectivity index (χ2v) is 5.55. The third kappa shape index (κ3) is 5.46. The molecule has 0 aromatic carbocycles. The maximum Gasteiger partial charge on any atom is 0.328 e. The first kappa shape index (κ1) is 15.8. The number of urea groups is 1. The van der Waals surface area contributed by atoms with E-state index in [0.717, 1.165) is 12.8 Å². The quantitative estimate of drug-likeness (QED) is 0.598. The standard InChI is InChI=1S/C13H24N2O4/c1-8-4-3-5-10(6-8)7-14-13(19)15-11(9(2)16)12(17)18/h8-11,16H,3-7H2,1-2H3,(H,17,18)(H2,14,15,19)/t8?,9-,10?,11+/m1/s1. The Morgan fingerprint density at radius 3 is 2.58 bits per heavy atom. The van der Waals surface area contributed by atoms with E-state index in [4.69, 9.17) is 5.11 Å². The van der Waals surface area contributed by atoms with Crippen molar-refractivity contribution in [1.82, 2.24) is 10.6 Å². The topological polar surface area (TPSA) is 98.7 Å². The largest absolute Gasteiger partial charge is 0.480 e. The van der Waals surface area contributed by atoms with Crippen molar-refractivity contribution in [3.8, 4) is 0 Å². The molecule has 6 nitrogen and oxygen atoms in total. The monoisotopic (exact) mass is 272 g/mol. The smallest absolute Gasteiger partial charge is 0.328 e. The van der Waals surface area contributed by atoms with E-state index in [2.05, 4.69) is 17.6 Å². The number of nitrogens with one attached hydrogen (secondary N) is 2. The lowest BCUT2D eigenvalue weighted by Gasteiger charge is -2.27. The summed E-state index contributed by atoms with van der Waals surface area (Å²) in [6.07, 6.45) is 3.49. The summed E-state index contributed by atoms with van der Waals surface area (Å²) in [5, 5.41) is 23.1. The first-order valence-corrected chi connectivity index (χ1v) is 6.85. The van der Waals surface area contributed by atoms with Crippen LogP contribution in [0.1, 0.15) is 39.5 Å². The van der Waals surface area contributed by atoms with Crippen molar-refractivity contribution >= 4 is 12.0 Å². The van der Waals surface area contributed by atoms with E-state index in [9.17, 15) is 14.7 Å². The first-order chi connectivity index (χ1) is 8.90. The molecular weight excluding hydrogens is 248 g/mol. The number of hydrogen-bond acceptors (Lipinski definition) is 3. The number of aliphatic hydroxyl groups excluding tert-OH is 1. The number of carboxylic acid groups (broad SMARTS) is 1. The van der Waals surface area contributed by atoms with Crippen molar-refractivity contribution in [2.75, 3.05) is 6.54 Å². The van der Waals surface area contributed by atoms with E-state index in [-0.39, 0.29) is 0 Å². The number of carboxylic acids is 1. The number of amides is 2. The fraction of sp³-hybridized carbons (Fsp3) is 0.846. The van der Waals surface area contributed by atoms with Crippen LogP contribution in [0.5, 0.6) is 0 Å². The number of hydrogen-bond donors (Lipinski definition) is 4. The normalized spacial score (nSPS) is 26.3. The fourth-order valence-corrected chi connectivity index (χ4v) is 2.56. The summed E-state index contributed by atoms with van der Waals surface area (Å²) in [5.74, 6) is -0.0893. The molecule has 0 aromatic rings. The number of aliphatic hydroxyl groups is 1. The molecule has 1 aliphatic carbocycles. The molecule has 0 heterocycles. The van der Waals surface area contributed by atoms with Crippen LogP contribution >= 0.6 is 0 Å². The zero-order chi connectivity index (χ0) is 14.4. The molecule has 1 aliphatic rings. The van der Waals surface area contributed by atoms with Gasteiger partial charge in [-0.15, -0.1) is 0 Å². The summed E-state index contributed by atoms with van der Waals surface area (Å²) in [6.45, 7) is 4.10. The minimum Gasteiger partial charge on any atom is -0.480 e. The van der Waals surface area contributed by atoms with Gasteiger partial charge in [-0.3, -0.25) is 0 Å². The van der Waals surface area contributed by atoms with Gasteiger partial charge < -0.3 is 20.8 Å². The number of aliphatic carboxylic acids is 1. The van der Waals surface area contributed by atoms with Crippen LogP contribution in [0, 0.1) is 11.8 Å². The van der Waals surface area contributed by atoms with Crippen molar-refractivity contribution in [1.29, 1.82) is 0 Å². The maximum atomic E-state index is 11.6. The molecule has 1 rings (SSSR count). The molecule has 0 radical (unpaired) electrons. The van der Waals surface area contributed by atoms with Gasteiger partial charge in [-0.25, -0.2) is 9.59 Å². The van der Waals surface area contributed by atoms with Crippen molar-refractivity contribution in [2.24, 2.45) is 11.8 Å². The molecule has 0 spiro atoms. The van der Waals surface area contributed by atoms with E-state index in [1.165, 1.54) is 19.8 Å². The van der Waals surface area contributed by atoms with Crippen LogP contribution in [-0.4, -0.2) is 40.9 Å². The molecular formula is C13H24N2O4. The SMILES string of the molecule is CC1CCCC(CNC(=O)N[C@H](C(=O)O)[C@@H](C)O)C1. The van der Waals surface area contributed by atoms with Gasteiger partial charge in [-0.05, 0) is 31.6 Å².